The van der Waals surface area contributed by atoms with Crippen molar-refractivity contribution in [2.75, 3.05) is 6.54 Å². The summed E-state index contributed by atoms with van der Waals surface area (Å²) in [6.45, 7) is 0.687. The Morgan fingerprint density at radius 1 is 1.29 bits per heavy atom. The van der Waals surface area contributed by atoms with Crippen LogP contribution in [-0.2, 0) is 4.79 Å². The first kappa shape index (κ1) is 9.97. The molecule has 0 spiro atoms. The van der Waals surface area contributed by atoms with Crippen molar-refractivity contribution in [1.82, 2.24) is 5.32 Å². The van der Waals surface area contributed by atoms with Crippen LogP contribution >= 0.6 is 0 Å². The van der Waals surface area contributed by atoms with Gasteiger partial charge in [-0.15, -0.1) is 0 Å². The summed E-state index contributed by atoms with van der Waals surface area (Å²) in [5.41, 5.74) is -0.444. The van der Waals surface area contributed by atoms with Gasteiger partial charge >= 0.3 is 5.97 Å². The Bertz CT molecular complexity index is 217. The Hall–Kier alpha value is -0.570. The Labute approximate surface area is 84.9 Å². The highest BCUT2D eigenvalue weighted by atomic mass is 16.4. The van der Waals surface area contributed by atoms with E-state index in [1.807, 2.05) is 0 Å². The van der Waals surface area contributed by atoms with E-state index in [0.717, 1.165) is 25.7 Å². The van der Waals surface area contributed by atoms with Gasteiger partial charge in [0.25, 0.3) is 0 Å². The summed E-state index contributed by atoms with van der Waals surface area (Å²) in [6, 6.07) is 0.619. The van der Waals surface area contributed by atoms with Gasteiger partial charge in [0, 0.05) is 12.6 Å². The van der Waals surface area contributed by atoms with Crippen molar-refractivity contribution in [2.24, 2.45) is 5.41 Å². The van der Waals surface area contributed by atoms with Gasteiger partial charge in [-0.25, -0.2) is 0 Å². The highest BCUT2D eigenvalue weighted by molar-refractivity contribution is 5.75. The van der Waals surface area contributed by atoms with Crippen LogP contribution in [0.4, 0.5) is 0 Å². The Kier molecular flexibility index (Phi) is 2.77. The first-order chi connectivity index (χ1) is 6.73. The van der Waals surface area contributed by atoms with Gasteiger partial charge in [0.2, 0.25) is 0 Å². The second-order valence-corrected chi connectivity index (χ2v) is 4.80. The Morgan fingerprint density at radius 3 is 2.43 bits per heavy atom. The van der Waals surface area contributed by atoms with Crippen LogP contribution in [0.25, 0.3) is 0 Å². The van der Waals surface area contributed by atoms with E-state index in [9.17, 15) is 9.90 Å². The molecule has 3 nitrogen and oxygen atoms in total. The van der Waals surface area contributed by atoms with Crippen molar-refractivity contribution in [3.05, 3.63) is 0 Å². The molecule has 0 bridgehead atoms. The molecule has 80 valence electrons. The fraction of sp³-hybridized carbons (Fsp3) is 0.909. The van der Waals surface area contributed by atoms with Crippen LogP contribution in [0.5, 0.6) is 0 Å². The molecule has 0 radical (unpaired) electrons. The molecule has 0 heterocycles. The second kappa shape index (κ2) is 3.89. The molecule has 14 heavy (non-hydrogen) atoms. The van der Waals surface area contributed by atoms with Gasteiger partial charge in [-0.05, 0) is 25.7 Å². The SMILES string of the molecule is O=C(O)C1(CNC2CC2)CCCCC1. The molecular weight excluding hydrogens is 178 g/mol. The summed E-state index contributed by atoms with van der Waals surface area (Å²) in [5, 5.41) is 12.6. The lowest BCUT2D eigenvalue weighted by Gasteiger charge is -2.33. The van der Waals surface area contributed by atoms with E-state index in [1.165, 1.54) is 19.3 Å². The number of carboxylic acids is 1. The zero-order valence-electron chi connectivity index (χ0n) is 8.59. The summed E-state index contributed by atoms with van der Waals surface area (Å²) in [5.74, 6) is -0.592. The zero-order valence-corrected chi connectivity index (χ0v) is 8.59. The number of carbonyl (C=O) groups is 1. The fourth-order valence-corrected chi connectivity index (χ4v) is 2.32. The van der Waals surface area contributed by atoms with Gasteiger partial charge in [-0.1, -0.05) is 19.3 Å². The van der Waals surface area contributed by atoms with E-state index in [0.29, 0.717) is 12.6 Å². The van der Waals surface area contributed by atoms with Crippen molar-refractivity contribution in [3.63, 3.8) is 0 Å². The van der Waals surface area contributed by atoms with Crippen molar-refractivity contribution in [2.45, 2.75) is 51.0 Å². The standard InChI is InChI=1S/C11H19NO2/c13-10(14)11(6-2-1-3-7-11)8-12-9-4-5-9/h9,12H,1-8H2,(H,13,14). The predicted molar refractivity (Wildman–Crippen MR) is 54.2 cm³/mol. The van der Waals surface area contributed by atoms with E-state index in [-0.39, 0.29) is 0 Å². The molecule has 0 aromatic carbocycles. The molecule has 0 atom stereocenters. The largest absolute Gasteiger partial charge is 0.481 e. The molecule has 2 saturated carbocycles. The summed E-state index contributed by atoms with van der Waals surface area (Å²) in [4.78, 5) is 11.3. The smallest absolute Gasteiger partial charge is 0.310 e. The summed E-state index contributed by atoms with van der Waals surface area (Å²) in [7, 11) is 0. The molecular formula is C11H19NO2. The molecule has 0 aliphatic heterocycles. The van der Waals surface area contributed by atoms with Crippen LogP contribution in [0, 0.1) is 5.41 Å². The Balaban J connectivity index is 1.92. The number of aliphatic carboxylic acids is 1. The molecule has 2 fully saturated rings. The van der Waals surface area contributed by atoms with E-state index in [2.05, 4.69) is 5.32 Å². The molecule has 3 heteroatoms. The number of rotatable bonds is 4. The minimum absolute atomic E-state index is 0.444. The monoisotopic (exact) mass is 197 g/mol. The van der Waals surface area contributed by atoms with E-state index >= 15 is 0 Å². The van der Waals surface area contributed by atoms with E-state index in [1.54, 1.807) is 0 Å². The van der Waals surface area contributed by atoms with Gasteiger partial charge in [0.1, 0.15) is 0 Å². The van der Waals surface area contributed by atoms with E-state index < -0.39 is 11.4 Å². The molecule has 2 aliphatic rings. The minimum Gasteiger partial charge on any atom is -0.481 e. The maximum Gasteiger partial charge on any atom is 0.310 e. The summed E-state index contributed by atoms with van der Waals surface area (Å²) < 4.78 is 0. The number of hydrogen-bond donors (Lipinski definition) is 2. The summed E-state index contributed by atoms with van der Waals surface area (Å²) >= 11 is 0. The lowest BCUT2D eigenvalue weighted by atomic mass is 9.74. The van der Waals surface area contributed by atoms with Gasteiger partial charge in [-0.3, -0.25) is 4.79 Å². The molecule has 2 aliphatic carbocycles. The molecule has 2 N–H and O–H groups in total. The van der Waals surface area contributed by atoms with Gasteiger partial charge in [0.05, 0.1) is 5.41 Å². The normalized spacial score (nSPS) is 26.0. The van der Waals surface area contributed by atoms with Crippen molar-refractivity contribution >= 4 is 5.97 Å². The zero-order chi connectivity index (χ0) is 10.0. The highest BCUT2D eigenvalue weighted by Gasteiger charge is 2.40. The predicted octanol–water partition coefficient (Wildman–Crippen LogP) is 1.77. The maximum absolute atomic E-state index is 11.3. The lowest BCUT2D eigenvalue weighted by molar-refractivity contribution is -0.150. The first-order valence-electron chi connectivity index (χ1n) is 5.70. The molecule has 0 amide bonds. The van der Waals surface area contributed by atoms with Crippen molar-refractivity contribution < 1.29 is 9.90 Å². The van der Waals surface area contributed by atoms with Gasteiger partial charge in [-0.2, -0.15) is 0 Å². The third-order valence-corrected chi connectivity index (χ3v) is 3.57. The van der Waals surface area contributed by atoms with Crippen LogP contribution < -0.4 is 5.32 Å². The highest BCUT2D eigenvalue weighted by Crippen LogP contribution is 2.36. The topological polar surface area (TPSA) is 49.3 Å². The van der Waals surface area contributed by atoms with Crippen LogP contribution in [0.2, 0.25) is 0 Å². The molecule has 0 aromatic heterocycles. The molecule has 0 unspecified atom stereocenters. The molecule has 0 saturated heterocycles. The third kappa shape index (κ3) is 2.08. The number of hydrogen-bond acceptors (Lipinski definition) is 2. The van der Waals surface area contributed by atoms with Gasteiger partial charge in [0.15, 0.2) is 0 Å². The average molecular weight is 197 g/mol. The number of nitrogens with one attached hydrogen (secondary N) is 1. The third-order valence-electron chi connectivity index (χ3n) is 3.57. The van der Waals surface area contributed by atoms with Crippen LogP contribution in [-0.4, -0.2) is 23.7 Å². The average Bonchev–Trinajstić information content (AvgIpc) is 2.99. The summed E-state index contributed by atoms with van der Waals surface area (Å²) in [6.07, 6.45) is 7.56. The van der Waals surface area contributed by atoms with Gasteiger partial charge < -0.3 is 10.4 Å². The van der Waals surface area contributed by atoms with Crippen LogP contribution in [0.1, 0.15) is 44.9 Å². The van der Waals surface area contributed by atoms with Crippen molar-refractivity contribution in [1.29, 1.82) is 0 Å². The second-order valence-electron chi connectivity index (χ2n) is 4.80. The number of carboxylic acid groups (broad SMARTS) is 1. The quantitative estimate of drug-likeness (QED) is 0.722. The van der Waals surface area contributed by atoms with Crippen molar-refractivity contribution in [3.8, 4) is 0 Å². The first-order valence-corrected chi connectivity index (χ1v) is 5.70. The van der Waals surface area contributed by atoms with E-state index in [4.69, 9.17) is 0 Å². The minimum atomic E-state index is -0.592. The van der Waals surface area contributed by atoms with Crippen LogP contribution in [0.15, 0.2) is 0 Å². The fourth-order valence-electron chi connectivity index (χ4n) is 2.32. The molecule has 2 rings (SSSR count). The van der Waals surface area contributed by atoms with Crippen LogP contribution in [0.3, 0.4) is 0 Å². The molecule has 0 aromatic rings. The Morgan fingerprint density at radius 2 is 1.93 bits per heavy atom. The maximum atomic E-state index is 11.3. The lowest BCUT2D eigenvalue weighted by Crippen LogP contribution is -2.43.